The van der Waals surface area contributed by atoms with E-state index in [4.69, 9.17) is 4.74 Å². The first-order valence-corrected chi connectivity index (χ1v) is 7.73. The molecular weight excluding hydrogens is 298 g/mol. The highest BCUT2D eigenvalue weighted by Gasteiger charge is 2.17. The summed E-state index contributed by atoms with van der Waals surface area (Å²) in [6.07, 6.45) is 7.79. The minimum atomic E-state index is 0. The number of rotatable bonds is 3. The average Bonchev–Trinajstić information content (AvgIpc) is 2.97. The standard InChI is InChI=1S/C18H23NO2.ClH/c1-13-10-15(11-14(2)18(13)20)17-7-5-6-16(21-17)12-19-8-3-4-9-19;/h6-7,10-11,20H,3-5,8-9,12H2,1-2H3;1H. The molecular formula is C18H24ClNO2. The lowest BCUT2D eigenvalue weighted by atomic mass is 10.0. The summed E-state index contributed by atoms with van der Waals surface area (Å²) in [5, 5.41) is 9.89. The molecule has 4 heteroatoms. The fraction of sp³-hybridized carbons (Fsp3) is 0.444. The highest BCUT2D eigenvalue weighted by molar-refractivity contribution is 5.85. The van der Waals surface area contributed by atoms with E-state index >= 15 is 0 Å². The van der Waals surface area contributed by atoms with Crippen LogP contribution < -0.4 is 0 Å². The molecule has 22 heavy (non-hydrogen) atoms. The molecule has 0 spiro atoms. The van der Waals surface area contributed by atoms with E-state index in [1.807, 2.05) is 26.0 Å². The van der Waals surface area contributed by atoms with Crippen LogP contribution in [0.25, 0.3) is 5.76 Å². The molecule has 1 saturated heterocycles. The number of phenolic OH excluding ortho intramolecular Hbond substituents is 1. The molecule has 0 radical (unpaired) electrons. The Morgan fingerprint density at radius 3 is 2.36 bits per heavy atom. The molecule has 3 nitrogen and oxygen atoms in total. The monoisotopic (exact) mass is 321 g/mol. The van der Waals surface area contributed by atoms with Crippen molar-refractivity contribution < 1.29 is 9.84 Å². The molecule has 0 unspecified atom stereocenters. The van der Waals surface area contributed by atoms with Crippen LogP contribution in [-0.4, -0.2) is 29.6 Å². The van der Waals surface area contributed by atoms with E-state index in [-0.39, 0.29) is 12.4 Å². The number of phenols is 1. The van der Waals surface area contributed by atoms with E-state index in [1.54, 1.807) is 0 Å². The van der Waals surface area contributed by atoms with Crippen molar-refractivity contribution in [1.82, 2.24) is 4.90 Å². The van der Waals surface area contributed by atoms with Crippen molar-refractivity contribution in [2.45, 2.75) is 33.1 Å². The molecule has 120 valence electrons. The zero-order valence-electron chi connectivity index (χ0n) is 13.3. The number of aryl methyl sites for hydroxylation is 2. The van der Waals surface area contributed by atoms with E-state index < -0.39 is 0 Å². The van der Waals surface area contributed by atoms with Crippen molar-refractivity contribution in [3.05, 3.63) is 46.7 Å². The Morgan fingerprint density at radius 1 is 1.09 bits per heavy atom. The Balaban J connectivity index is 0.00000176. The van der Waals surface area contributed by atoms with Crippen LogP contribution in [0.5, 0.6) is 5.75 Å². The highest BCUT2D eigenvalue weighted by Crippen LogP contribution is 2.30. The first-order valence-electron chi connectivity index (χ1n) is 7.73. The van der Waals surface area contributed by atoms with Gasteiger partial charge in [-0.15, -0.1) is 12.4 Å². The predicted molar refractivity (Wildman–Crippen MR) is 92.3 cm³/mol. The van der Waals surface area contributed by atoms with Crippen LogP contribution >= 0.6 is 12.4 Å². The van der Waals surface area contributed by atoms with E-state index in [9.17, 15) is 5.11 Å². The number of nitrogens with zero attached hydrogens (tertiary/aromatic N) is 1. The van der Waals surface area contributed by atoms with Gasteiger partial charge >= 0.3 is 0 Å². The number of likely N-dealkylation sites (tertiary alicyclic amines) is 1. The molecule has 1 N–H and O–H groups in total. The Labute approximate surface area is 138 Å². The maximum absolute atomic E-state index is 9.89. The Morgan fingerprint density at radius 2 is 1.73 bits per heavy atom. The molecule has 2 heterocycles. The highest BCUT2D eigenvalue weighted by atomic mass is 35.5. The number of benzene rings is 1. The van der Waals surface area contributed by atoms with Crippen LogP contribution in [0.4, 0.5) is 0 Å². The summed E-state index contributed by atoms with van der Waals surface area (Å²) in [6, 6.07) is 3.99. The van der Waals surface area contributed by atoms with Crippen LogP contribution in [0.3, 0.4) is 0 Å². The van der Waals surface area contributed by atoms with Gasteiger partial charge in [-0.2, -0.15) is 0 Å². The fourth-order valence-electron chi connectivity index (χ4n) is 3.05. The summed E-state index contributed by atoms with van der Waals surface area (Å²) in [7, 11) is 0. The third-order valence-corrected chi connectivity index (χ3v) is 4.24. The molecule has 0 amide bonds. The first-order chi connectivity index (χ1) is 10.1. The Kier molecular flexibility index (Phi) is 5.54. The molecule has 1 fully saturated rings. The van der Waals surface area contributed by atoms with E-state index in [0.717, 1.165) is 41.2 Å². The summed E-state index contributed by atoms with van der Waals surface area (Å²) in [6.45, 7) is 7.12. The minimum absolute atomic E-state index is 0. The third-order valence-electron chi connectivity index (χ3n) is 4.24. The van der Waals surface area contributed by atoms with Gasteiger partial charge in [-0.25, -0.2) is 0 Å². The fourth-order valence-corrected chi connectivity index (χ4v) is 3.05. The largest absolute Gasteiger partial charge is 0.507 e. The van der Waals surface area contributed by atoms with Crippen LogP contribution in [-0.2, 0) is 4.74 Å². The van der Waals surface area contributed by atoms with E-state index in [1.165, 1.54) is 25.9 Å². The van der Waals surface area contributed by atoms with Gasteiger partial charge in [-0.1, -0.05) is 0 Å². The molecule has 0 bridgehead atoms. The van der Waals surface area contributed by atoms with Gasteiger partial charge in [0.2, 0.25) is 0 Å². The number of aromatic hydroxyl groups is 1. The number of halogens is 1. The second-order valence-corrected chi connectivity index (χ2v) is 6.02. The molecule has 2 aliphatic heterocycles. The molecule has 0 atom stereocenters. The zero-order chi connectivity index (χ0) is 14.8. The van der Waals surface area contributed by atoms with Crippen molar-refractivity contribution >= 4 is 18.2 Å². The SMILES string of the molecule is Cc1cc(C2=CCC=C(CN3CCCC3)O2)cc(C)c1O.Cl. The number of allylic oxidation sites excluding steroid dienone is 2. The first kappa shape index (κ1) is 16.9. The lowest BCUT2D eigenvalue weighted by Gasteiger charge is -2.22. The zero-order valence-corrected chi connectivity index (χ0v) is 14.1. The molecule has 0 saturated carbocycles. The second-order valence-electron chi connectivity index (χ2n) is 6.02. The quantitative estimate of drug-likeness (QED) is 0.907. The molecule has 1 aromatic rings. The van der Waals surface area contributed by atoms with Crippen molar-refractivity contribution in [3.8, 4) is 5.75 Å². The smallest absolute Gasteiger partial charge is 0.130 e. The lowest BCUT2D eigenvalue weighted by Crippen LogP contribution is -2.23. The van der Waals surface area contributed by atoms with Crippen molar-refractivity contribution in [1.29, 1.82) is 0 Å². The topological polar surface area (TPSA) is 32.7 Å². The summed E-state index contributed by atoms with van der Waals surface area (Å²) in [5.74, 6) is 2.35. The van der Waals surface area contributed by atoms with Gasteiger partial charge in [-0.3, -0.25) is 4.90 Å². The van der Waals surface area contributed by atoms with Crippen LogP contribution in [0.1, 0.15) is 36.0 Å². The van der Waals surface area contributed by atoms with Crippen molar-refractivity contribution in [2.24, 2.45) is 0 Å². The van der Waals surface area contributed by atoms with Gasteiger partial charge in [0.05, 0.1) is 6.54 Å². The number of hydrogen-bond acceptors (Lipinski definition) is 3. The molecule has 0 aliphatic carbocycles. The molecule has 1 aromatic carbocycles. The Hall–Kier alpha value is -1.45. The van der Waals surface area contributed by atoms with Gasteiger partial charge in [0.15, 0.2) is 0 Å². The van der Waals surface area contributed by atoms with E-state index in [2.05, 4.69) is 17.1 Å². The number of hydrogen-bond donors (Lipinski definition) is 1. The minimum Gasteiger partial charge on any atom is -0.507 e. The van der Waals surface area contributed by atoms with Crippen LogP contribution in [0, 0.1) is 13.8 Å². The summed E-state index contributed by atoms with van der Waals surface area (Å²) in [4.78, 5) is 2.45. The maximum Gasteiger partial charge on any atom is 0.130 e. The Bertz CT molecular complexity index is 578. The second kappa shape index (κ2) is 7.21. The molecule has 2 aliphatic rings. The van der Waals surface area contributed by atoms with Crippen molar-refractivity contribution in [3.63, 3.8) is 0 Å². The van der Waals surface area contributed by atoms with Crippen molar-refractivity contribution in [2.75, 3.05) is 19.6 Å². The lowest BCUT2D eigenvalue weighted by molar-refractivity contribution is 0.278. The van der Waals surface area contributed by atoms with Gasteiger partial charge in [-0.05, 0) is 81.6 Å². The summed E-state index contributed by atoms with van der Waals surface area (Å²) < 4.78 is 6.08. The third kappa shape index (κ3) is 3.65. The maximum atomic E-state index is 9.89. The van der Waals surface area contributed by atoms with E-state index in [0.29, 0.717) is 5.75 Å². The normalized spacial score (nSPS) is 18.3. The van der Waals surface area contributed by atoms with Gasteiger partial charge in [0.1, 0.15) is 17.3 Å². The molecule has 0 aromatic heterocycles. The average molecular weight is 322 g/mol. The molecule has 3 rings (SSSR count). The van der Waals surface area contributed by atoms with Crippen LogP contribution in [0.15, 0.2) is 30.0 Å². The van der Waals surface area contributed by atoms with Gasteiger partial charge in [0, 0.05) is 5.56 Å². The van der Waals surface area contributed by atoms with Gasteiger partial charge < -0.3 is 9.84 Å². The van der Waals surface area contributed by atoms with Crippen LogP contribution in [0.2, 0.25) is 0 Å². The number of ether oxygens (including phenoxy) is 1. The van der Waals surface area contributed by atoms with Gasteiger partial charge in [0.25, 0.3) is 0 Å². The summed E-state index contributed by atoms with van der Waals surface area (Å²) in [5.41, 5.74) is 2.84. The summed E-state index contributed by atoms with van der Waals surface area (Å²) >= 11 is 0. The predicted octanol–water partition coefficient (Wildman–Crippen LogP) is 4.17.